The van der Waals surface area contributed by atoms with Gasteiger partial charge in [0.1, 0.15) is 5.82 Å². The van der Waals surface area contributed by atoms with E-state index >= 15 is 0 Å². The first-order chi connectivity index (χ1) is 15.9. The van der Waals surface area contributed by atoms with Crippen LogP contribution >= 0.6 is 0 Å². The second-order valence-corrected chi connectivity index (χ2v) is 7.87. The summed E-state index contributed by atoms with van der Waals surface area (Å²) in [7, 11) is 0. The number of anilines is 2. The molecule has 3 rings (SSSR count). The number of carbonyl (C=O) groups excluding carboxylic acids is 3. The monoisotopic (exact) mass is 454 g/mol. The predicted molar refractivity (Wildman–Crippen MR) is 127 cm³/mol. The summed E-state index contributed by atoms with van der Waals surface area (Å²) in [5, 5.41) is 2.82. The Morgan fingerprint density at radius 3 is 2.21 bits per heavy atom. The van der Waals surface area contributed by atoms with Crippen LogP contribution in [0.15, 0.2) is 42.5 Å². The average Bonchev–Trinajstić information content (AvgIpc) is 2.84. The van der Waals surface area contributed by atoms with E-state index in [9.17, 15) is 18.8 Å². The molecule has 1 aliphatic heterocycles. The summed E-state index contributed by atoms with van der Waals surface area (Å²) < 4.78 is 14.0. The molecule has 1 aliphatic rings. The van der Waals surface area contributed by atoms with E-state index in [1.165, 1.54) is 12.1 Å². The number of carbonyl (C=O) groups is 3. The zero-order valence-corrected chi connectivity index (χ0v) is 19.4. The Kier molecular flexibility index (Phi) is 8.03. The maximum atomic E-state index is 14.0. The van der Waals surface area contributed by atoms with Crippen LogP contribution in [0.1, 0.15) is 47.9 Å². The van der Waals surface area contributed by atoms with Crippen LogP contribution in [-0.2, 0) is 4.79 Å². The Morgan fingerprint density at radius 2 is 1.61 bits per heavy atom. The zero-order valence-electron chi connectivity index (χ0n) is 19.4. The average molecular weight is 455 g/mol. The number of benzene rings is 2. The first-order valence-corrected chi connectivity index (χ1v) is 11.4. The molecule has 0 radical (unpaired) electrons. The van der Waals surface area contributed by atoms with E-state index in [1.807, 2.05) is 19.9 Å². The Morgan fingerprint density at radius 1 is 0.939 bits per heavy atom. The number of nitrogens with one attached hydrogen (secondary N) is 1. The highest BCUT2D eigenvalue weighted by Gasteiger charge is 2.27. The van der Waals surface area contributed by atoms with E-state index in [4.69, 9.17) is 0 Å². The van der Waals surface area contributed by atoms with Crippen LogP contribution < -0.4 is 10.2 Å². The van der Waals surface area contributed by atoms with Crippen molar-refractivity contribution in [3.8, 4) is 0 Å². The van der Waals surface area contributed by atoms with Crippen molar-refractivity contribution >= 4 is 29.1 Å². The zero-order chi connectivity index (χ0) is 24.0. The summed E-state index contributed by atoms with van der Waals surface area (Å²) in [5.41, 5.74) is 1.93. The molecule has 3 amide bonds. The minimum absolute atomic E-state index is 0.0689. The van der Waals surface area contributed by atoms with Gasteiger partial charge in [0, 0.05) is 57.1 Å². The van der Waals surface area contributed by atoms with Gasteiger partial charge in [-0.05, 0) is 44.2 Å². The fourth-order valence-electron chi connectivity index (χ4n) is 3.95. The molecule has 1 saturated heterocycles. The van der Waals surface area contributed by atoms with Gasteiger partial charge in [-0.1, -0.05) is 19.1 Å². The van der Waals surface area contributed by atoms with Gasteiger partial charge in [-0.3, -0.25) is 14.4 Å². The molecule has 0 spiro atoms. The number of hydrogen-bond donors (Lipinski definition) is 1. The third kappa shape index (κ3) is 5.50. The fourth-order valence-corrected chi connectivity index (χ4v) is 3.95. The van der Waals surface area contributed by atoms with E-state index in [-0.39, 0.29) is 23.3 Å². The molecule has 176 valence electrons. The predicted octanol–water partition coefficient (Wildman–Crippen LogP) is 3.62. The topological polar surface area (TPSA) is 73.0 Å². The third-order valence-corrected chi connectivity index (χ3v) is 5.89. The molecule has 0 aromatic heterocycles. The van der Waals surface area contributed by atoms with Gasteiger partial charge in [-0.25, -0.2) is 4.39 Å². The van der Waals surface area contributed by atoms with E-state index < -0.39 is 5.82 Å². The van der Waals surface area contributed by atoms with Crippen LogP contribution in [0.2, 0.25) is 0 Å². The van der Waals surface area contributed by atoms with Crippen LogP contribution in [0.4, 0.5) is 15.8 Å². The molecule has 1 heterocycles. The smallest absolute Gasteiger partial charge is 0.256 e. The third-order valence-electron chi connectivity index (χ3n) is 5.89. The van der Waals surface area contributed by atoms with E-state index in [1.54, 1.807) is 41.0 Å². The molecule has 0 aliphatic carbocycles. The van der Waals surface area contributed by atoms with E-state index in [2.05, 4.69) is 10.2 Å². The van der Waals surface area contributed by atoms with Gasteiger partial charge >= 0.3 is 0 Å². The van der Waals surface area contributed by atoms with E-state index in [0.29, 0.717) is 56.9 Å². The maximum absolute atomic E-state index is 14.0. The Bertz CT molecular complexity index is 1010. The number of rotatable bonds is 7. The molecule has 2 aromatic carbocycles. The minimum Gasteiger partial charge on any atom is -0.367 e. The van der Waals surface area contributed by atoms with Crippen LogP contribution in [-0.4, -0.2) is 66.8 Å². The Hall–Kier alpha value is -3.42. The van der Waals surface area contributed by atoms with Crippen molar-refractivity contribution in [1.29, 1.82) is 0 Å². The van der Waals surface area contributed by atoms with Gasteiger partial charge in [-0.2, -0.15) is 0 Å². The molecule has 2 aromatic rings. The molecule has 0 atom stereocenters. The molecule has 0 saturated carbocycles. The largest absolute Gasteiger partial charge is 0.367 e. The molecular weight excluding hydrogens is 423 g/mol. The highest BCUT2D eigenvalue weighted by atomic mass is 19.1. The second-order valence-electron chi connectivity index (χ2n) is 7.87. The van der Waals surface area contributed by atoms with Gasteiger partial charge < -0.3 is 20.0 Å². The maximum Gasteiger partial charge on any atom is 0.256 e. The van der Waals surface area contributed by atoms with Crippen molar-refractivity contribution in [2.45, 2.75) is 27.2 Å². The number of hydrogen-bond acceptors (Lipinski definition) is 4. The van der Waals surface area contributed by atoms with Crippen LogP contribution in [0, 0.1) is 5.82 Å². The lowest BCUT2D eigenvalue weighted by atomic mass is 10.1. The number of amides is 3. The summed E-state index contributed by atoms with van der Waals surface area (Å²) >= 11 is 0. The van der Waals surface area contributed by atoms with Crippen LogP contribution in [0.3, 0.4) is 0 Å². The van der Waals surface area contributed by atoms with Crippen LogP contribution in [0.25, 0.3) is 0 Å². The highest BCUT2D eigenvalue weighted by Crippen LogP contribution is 2.27. The van der Waals surface area contributed by atoms with Crippen molar-refractivity contribution in [2.75, 3.05) is 49.5 Å². The fraction of sp³-hybridized carbons (Fsp3) is 0.400. The Balaban J connectivity index is 1.82. The van der Waals surface area contributed by atoms with Crippen molar-refractivity contribution in [2.24, 2.45) is 0 Å². The standard InChI is InChI=1S/C25H31FN4O3/c1-4-23(31)27-18-11-12-22(20(17-18)25(33)28(5-2)6-3)29-13-15-30(16-14-29)24(32)19-9-7-8-10-21(19)26/h7-12,17H,4-6,13-16H2,1-3H3,(H,27,31). The molecular formula is C25H31FN4O3. The number of piperazine rings is 1. The lowest BCUT2D eigenvalue weighted by Crippen LogP contribution is -2.49. The van der Waals surface area contributed by atoms with Gasteiger partial charge in [0.2, 0.25) is 5.91 Å². The van der Waals surface area contributed by atoms with Gasteiger partial charge in [0.05, 0.1) is 11.1 Å². The number of halogens is 1. The summed E-state index contributed by atoms with van der Waals surface area (Å²) in [6, 6.07) is 11.3. The van der Waals surface area contributed by atoms with Crippen LogP contribution in [0.5, 0.6) is 0 Å². The molecule has 33 heavy (non-hydrogen) atoms. The summed E-state index contributed by atoms with van der Waals surface area (Å²) in [4.78, 5) is 43.3. The lowest BCUT2D eigenvalue weighted by Gasteiger charge is -2.37. The summed E-state index contributed by atoms with van der Waals surface area (Å²) in [5.74, 6) is -1.08. The molecule has 0 bridgehead atoms. The molecule has 8 heteroatoms. The molecule has 1 N–H and O–H groups in total. The van der Waals surface area contributed by atoms with Gasteiger partial charge in [0.15, 0.2) is 0 Å². The molecule has 1 fully saturated rings. The summed E-state index contributed by atoms with van der Waals surface area (Å²) in [6.07, 6.45) is 0.346. The van der Waals surface area contributed by atoms with Crippen molar-refractivity contribution < 1.29 is 18.8 Å². The highest BCUT2D eigenvalue weighted by molar-refractivity contribution is 6.02. The van der Waals surface area contributed by atoms with Crippen molar-refractivity contribution in [3.05, 3.63) is 59.4 Å². The SMILES string of the molecule is CCC(=O)Nc1ccc(N2CCN(C(=O)c3ccccc3F)CC2)c(C(=O)N(CC)CC)c1. The lowest BCUT2D eigenvalue weighted by molar-refractivity contribution is -0.115. The van der Waals surface area contributed by atoms with E-state index in [0.717, 1.165) is 5.69 Å². The molecule has 7 nitrogen and oxygen atoms in total. The Labute approximate surface area is 194 Å². The normalized spacial score (nSPS) is 13.6. The first kappa shape index (κ1) is 24.2. The van der Waals surface area contributed by atoms with Crippen molar-refractivity contribution in [3.63, 3.8) is 0 Å². The van der Waals surface area contributed by atoms with Gasteiger partial charge in [0.25, 0.3) is 11.8 Å². The second kappa shape index (κ2) is 10.9. The quantitative estimate of drug-likeness (QED) is 0.694. The first-order valence-electron chi connectivity index (χ1n) is 11.4. The summed E-state index contributed by atoms with van der Waals surface area (Å²) in [6.45, 7) is 8.64. The number of nitrogens with zero attached hydrogens (tertiary/aromatic N) is 3. The minimum atomic E-state index is -0.526. The van der Waals surface area contributed by atoms with Gasteiger partial charge in [-0.15, -0.1) is 0 Å². The molecule has 0 unspecified atom stereocenters. The van der Waals surface area contributed by atoms with Crippen molar-refractivity contribution in [1.82, 2.24) is 9.80 Å².